The van der Waals surface area contributed by atoms with E-state index < -0.39 is 11.6 Å². The number of nitrogens with two attached hydrogens (primary N) is 1. The van der Waals surface area contributed by atoms with Crippen molar-refractivity contribution in [3.05, 3.63) is 29.8 Å². The predicted octanol–water partition coefficient (Wildman–Crippen LogP) is 1.28. The molecule has 5 heteroatoms. The van der Waals surface area contributed by atoms with Gasteiger partial charge in [0.05, 0.1) is 6.10 Å². The lowest BCUT2D eigenvalue weighted by atomic mass is 10.1. The van der Waals surface area contributed by atoms with E-state index in [1.807, 2.05) is 0 Å². The first kappa shape index (κ1) is 12.9. The van der Waals surface area contributed by atoms with Gasteiger partial charge in [-0.15, -0.1) is 0 Å². The molecule has 90 valence electrons. The van der Waals surface area contributed by atoms with Gasteiger partial charge in [-0.2, -0.15) is 0 Å². The third kappa shape index (κ3) is 4.55. The van der Waals surface area contributed by atoms with Crippen molar-refractivity contribution in [1.82, 2.24) is 5.32 Å². The van der Waals surface area contributed by atoms with Crippen molar-refractivity contribution in [2.24, 2.45) is 0 Å². The van der Waals surface area contributed by atoms with E-state index in [-0.39, 0.29) is 11.8 Å². The van der Waals surface area contributed by atoms with E-state index in [1.54, 1.807) is 0 Å². The molecular formula is C11H16F2N2O. The van der Waals surface area contributed by atoms with Crippen LogP contribution >= 0.6 is 0 Å². The molecule has 1 aromatic carbocycles. The summed E-state index contributed by atoms with van der Waals surface area (Å²) in [5, 5.41) is 12.0. The van der Waals surface area contributed by atoms with Crippen LogP contribution in [0.1, 0.15) is 12.8 Å². The molecule has 0 spiro atoms. The monoisotopic (exact) mass is 230 g/mol. The van der Waals surface area contributed by atoms with Crippen molar-refractivity contribution in [1.29, 1.82) is 0 Å². The van der Waals surface area contributed by atoms with Crippen LogP contribution in [-0.2, 0) is 0 Å². The second-order valence-electron chi connectivity index (χ2n) is 3.65. The van der Waals surface area contributed by atoms with Crippen molar-refractivity contribution in [2.45, 2.75) is 18.9 Å². The maximum atomic E-state index is 12.1. The van der Waals surface area contributed by atoms with Crippen LogP contribution in [0, 0.1) is 11.6 Å². The van der Waals surface area contributed by atoms with E-state index in [0.717, 1.165) is 38.1 Å². The Balaban J connectivity index is 0.000000165. The van der Waals surface area contributed by atoms with E-state index >= 15 is 0 Å². The number of benzene rings is 1. The molecule has 1 heterocycles. The Bertz CT molecular complexity index is 328. The summed E-state index contributed by atoms with van der Waals surface area (Å²) < 4.78 is 24.2. The summed E-state index contributed by atoms with van der Waals surface area (Å²) in [6.07, 6.45) is 1.83. The molecule has 1 fully saturated rings. The molecule has 16 heavy (non-hydrogen) atoms. The van der Waals surface area contributed by atoms with Gasteiger partial charge in [0.2, 0.25) is 0 Å². The molecule has 0 atom stereocenters. The van der Waals surface area contributed by atoms with E-state index in [0.29, 0.717) is 0 Å². The molecule has 0 aliphatic carbocycles. The zero-order valence-corrected chi connectivity index (χ0v) is 8.92. The normalized spacial score (nSPS) is 16.4. The highest BCUT2D eigenvalue weighted by atomic mass is 19.2. The molecule has 0 radical (unpaired) electrons. The van der Waals surface area contributed by atoms with E-state index in [1.165, 1.54) is 6.07 Å². The topological polar surface area (TPSA) is 58.3 Å². The summed E-state index contributed by atoms with van der Waals surface area (Å²) in [4.78, 5) is 0. The number of halogens is 2. The van der Waals surface area contributed by atoms with Crippen LogP contribution in [0.3, 0.4) is 0 Å². The van der Waals surface area contributed by atoms with Crippen LogP contribution in [0.25, 0.3) is 0 Å². The van der Waals surface area contributed by atoms with Crippen molar-refractivity contribution in [3.63, 3.8) is 0 Å². The second kappa shape index (κ2) is 6.40. The Morgan fingerprint density at radius 3 is 2.19 bits per heavy atom. The molecule has 4 N–H and O–H groups in total. The lowest BCUT2D eigenvalue weighted by Crippen LogP contribution is -2.30. The van der Waals surface area contributed by atoms with Crippen molar-refractivity contribution in [2.75, 3.05) is 18.8 Å². The number of anilines is 1. The molecule has 1 aliphatic rings. The highest BCUT2D eigenvalue weighted by Crippen LogP contribution is 2.08. The highest BCUT2D eigenvalue weighted by molar-refractivity contribution is 5.37. The molecule has 0 saturated carbocycles. The summed E-state index contributed by atoms with van der Waals surface area (Å²) >= 11 is 0. The summed E-state index contributed by atoms with van der Waals surface area (Å²) in [6.45, 7) is 1.97. The molecule has 1 aromatic rings. The number of aliphatic hydroxyl groups is 1. The number of hydrogen-bond acceptors (Lipinski definition) is 3. The molecule has 0 amide bonds. The van der Waals surface area contributed by atoms with Crippen molar-refractivity contribution in [3.8, 4) is 0 Å². The Hall–Kier alpha value is -1.20. The molecule has 2 rings (SSSR count). The third-order valence-corrected chi connectivity index (χ3v) is 2.25. The molecule has 3 nitrogen and oxygen atoms in total. The number of rotatable bonds is 0. The fourth-order valence-electron chi connectivity index (χ4n) is 1.32. The first-order valence-corrected chi connectivity index (χ1v) is 5.19. The van der Waals surface area contributed by atoms with E-state index in [2.05, 4.69) is 5.32 Å². The van der Waals surface area contributed by atoms with Crippen LogP contribution in [0.15, 0.2) is 18.2 Å². The van der Waals surface area contributed by atoms with Gasteiger partial charge in [0, 0.05) is 5.69 Å². The Morgan fingerprint density at radius 2 is 1.81 bits per heavy atom. The van der Waals surface area contributed by atoms with Crippen LogP contribution in [0.2, 0.25) is 0 Å². The molecule has 0 bridgehead atoms. The van der Waals surface area contributed by atoms with Crippen LogP contribution in [0.5, 0.6) is 0 Å². The van der Waals surface area contributed by atoms with Crippen LogP contribution in [0.4, 0.5) is 14.5 Å². The minimum absolute atomic E-state index is 0.0266. The van der Waals surface area contributed by atoms with E-state index in [4.69, 9.17) is 10.8 Å². The van der Waals surface area contributed by atoms with Gasteiger partial charge in [-0.05, 0) is 44.1 Å². The number of piperidine rings is 1. The second-order valence-corrected chi connectivity index (χ2v) is 3.65. The van der Waals surface area contributed by atoms with Gasteiger partial charge >= 0.3 is 0 Å². The van der Waals surface area contributed by atoms with Gasteiger partial charge in [0.25, 0.3) is 0 Å². The lowest BCUT2D eigenvalue weighted by Gasteiger charge is -2.16. The van der Waals surface area contributed by atoms with Gasteiger partial charge in [-0.25, -0.2) is 8.78 Å². The number of hydrogen-bond donors (Lipinski definition) is 3. The van der Waals surface area contributed by atoms with Crippen LogP contribution in [-0.4, -0.2) is 24.3 Å². The zero-order chi connectivity index (χ0) is 12.0. The largest absolute Gasteiger partial charge is 0.399 e. The molecule has 0 unspecified atom stereocenters. The van der Waals surface area contributed by atoms with Gasteiger partial charge in [0.15, 0.2) is 11.6 Å². The summed E-state index contributed by atoms with van der Waals surface area (Å²) in [5.41, 5.74) is 5.35. The van der Waals surface area contributed by atoms with E-state index in [9.17, 15) is 8.78 Å². The zero-order valence-electron chi connectivity index (χ0n) is 8.92. The Morgan fingerprint density at radius 1 is 1.19 bits per heavy atom. The minimum atomic E-state index is -0.907. The first-order valence-electron chi connectivity index (χ1n) is 5.19. The maximum Gasteiger partial charge on any atom is 0.160 e. The smallest absolute Gasteiger partial charge is 0.160 e. The molecule has 0 aromatic heterocycles. The summed E-state index contributed by atoms with van der Waals surface area (Å²) in [7, 11) is 0. The average molecular weight is 230 g/mol. The minimum Gasteiger partial charge on any atom is -0.399 e. The number of nitrogens with one attached hydrogen (secondary N) is 1. The Labute approximate surface area is 93.3 Å². The molecule has 1 saturated heterocycles. The predicted molar refractivity (Wildman–Crippen MR) is 58.9 cm³/mol. The fourth-order valence-corrected chi connectivity index (χ4v) is 1.32. The molecular weight excluding hydrogens is 214 g/mol. The van der Waals surface area contributed by atoms with Gasteiger partial charge in [0.1, 0.15) is 0 Å². The lowest BCUT2D eigenvalue weighted by molar-refractivity contribution is 0.137. The average Bonchev–Trinajstić information content (AvgIpc) is 2.26. The van der Waals surface area contributed by atoms with Crippen LogP contribution < -0.4 is 11.1 Å². The number of nitrogen functional groups attached to an aromatic ring is 1. The number of aliphatic hydroxyl groups excluding tert-OH is 1. The first-order chi connectivity index (χ1) is 7.59. The quantitative estimate of drug-likeness (QED) is 0.588. The fraction of sp³-hybridized carbons (Fsp3) is 0.455. The van der Waals surface area contributed by atoms with Crippen molar-refractivity contribution < 1.29 is 13.9 Å². The highest BCUT2D eigenvalue weighted by Gasteiger charge is 2.06. The van der Waals surface area contributed by atoms with Gasteiger partial charge in [-0.1, -0.05) is 0 Å². The van der Waals surface area contributed by atoms with Gasteiger partial charge < -0.3 is 16.2 Å². The Kier molecular flexibility index (Phi) is 5.14. The maximum absolute atomic E-state index is 12.1. The summed E-state index contributed by atoms with van der Waals surface area (Å²) in [5.74, 6) is -1.78. The van der Waals surface area contributed by atoms with Crippen molar-refractivity contribution >= 4 is 5.69 Å². The standard InChI is InChI=1S/C6H5F2N.C5H11NO/c7-5-2-1-4(9)3-6(5)8;7-5-1-3-6-4-2-5/h1-3H,9H2;5-7H,1-4H2. The third-order valence-electron chi connectivity index (χ3n) is 2.25. The summed E-state index contributed by atoms with van der Waals surface area (Å²) in [6, 6.07) is 3.23. The molecule has 1 aliphatic heterocycles. The SMILES string of the molecule is Nc1ccc(F)c(F)c1.OC1CCNCC1. The van der Waals surface area contributed by atoms with Gasteiger partial charge in [-0.3, -0.25) is 0 Å².